The SMILES string of the molecule is O=C(NC1C2C=CC=C2C=C2C(I)CCC21)NS(=O)(=O)N1CC2CCCN(CI)C2C1. The average Bonchev–Trinajstić information content (AvgIpc) is 3.46. The summed E-state index contributed by atoms with van der Waals surface area (Å²) < 4.78 is 31.2. The van der Waals surface area contributed by atoms with Crippen LogP contribution in [0.15, 0.2) is 35.5 Å². The highest BCUT2D eigenvalue weighted by atomic mass is 127. The molecule has 7 nitrogen and oxygen atoms in total. The van der Waals surface area contributed by atoms with E-state index in [-0.39, 0.29) is 23.9 Å². The molecule has 2 aliphatic heterocycles. The van der Waals surface area contributed by atoms with E-state index in [1.165, 1.54) is 15.5 Å². The number of carbonyl (C=O) groups is 1. The molecular formula is C21H28I2N4O3S. The van der Waals surface area contributed by atoms with Crippen molar-refractivity contribution < 1.29 is 13.2 Å². The van der Waals surface area contributed by atoms with Crippen LogP contribution in [0.1, 0.15) is 25.7 Å². The molecule has 5 rings (SSSR count). The highest BCUT2D eigenvalue weighted by Crippen LogP contribution is 2.47. The van der Waals surface area contributed by atoms with E-state index in [0.29, 0.717) is 22.9 Å². The van der Waals surface area contributed by atoms with E-state index in [4.69, 9.17) is 0 Å². The minimum absolute atomic E-state index is 0.101. The molecule has 0 bridgehead atoms. The Kier molecular flexibility index (Phi) is 6.47. The number of urea groups is 1. The standard InChI is InChI=1S/C21H28I2N4O3S/c22-12-26-8-2-4-14-10-27(11-19(14)26)31(29,30)25-21(28)24-20-15-5-1-3-13(15)9-17-16(20)6-7-18(17)23/h1,3,5,9,14-16,18-20H,2,4,6-8,10-12H2,(H2,24,25,28). The molecule has 3 fully saturated rings. The van der Waals surface area contributed by atoms with Gasteiger partial charge in [-0.15, -0.1) is 0 Å². The summed E-state index contributed by atoms with van der Waals surface area (Å²) in [6, 6.07) is -0.453. The number of allylic oxidation sites excluding steroid dienone is 3. The predicted molar refractivity (Wildman–Crippen MR) is 137 cm³/mol. The van der Waals surface area contributed by atoms with Gasteiger partial charge >= 0.3 is 16.2 Å². The summed E-state index contributed by atoms with van der Waals surface area (Å²) in [5.41, 5.74) is 2.59. The molecular weight excluding hydrogens is 642 g/mol. The first kappa shape index (κ1) is 22.6. The van der Waals surface area contributed by atoms with Gasteiger partial charge in [-0.2, -0.15) is 12.7 Å². The smallest absolute Gasteiger partial charge is 0.329 e. The summed E-state index contributed by atoms with van der Waals surface area (Å²) in [6.45, 7) is 1.98. The Morgan fingerprint density at radius 1 is 1.23 bits per heavy atom. The molecule has 10 heteroatoms. The van der Waals surface area contributed by atoms with Crippen LogP contribution in [0.25, 0.3) is 0 Å². The van der Waals surface area contributed by atoms with Crippen molar-refractivity contribution in [2.45, 2.75) is 41.7 Å². The van der Waals surface area contributed by atoms with Gasteiger partial charge in [-0.05, 0) is 43.7 Å². The van der Waals surface area contributed by atoms with E-state index < -0.39 is 16.2 Å². The highest BCUT2D eigenvalue weighted by Gasteiger charge is 2.45. The number of nitrogens with one attached hydrogen (secondary N) is 2. The molecule has 31 heavy (non-hydrogen) atoms. The minimum Gasteiger partial charge on any atom is -0.333 e. The number of hydrogen-bond donors (Lipinski definition) is 2. The summed E-state index contributed by atoms with van der Waals surface area (Å²) in [4.78, 5) is 15.2. The van der Waals surface area contributed by atoms with Gasteiger partial charge in [-0.25, -0.2) is 9.52 Å². The number of fused-ring (bicyclic) bond motifs is 3. The van der Waals surface area contributed by atoms with Crippen LogP contribution in [-0.4, -0.2) is 63.8 Å². The quantitative estimate of drug-likeness (QED) is 0.274. The van der Waals surface area contributed by atoms with Crippen molar-refractivity contribution in [3.8, 4) is 0 Å². The van der Waals surface area contributed by atoms with Crippen LogP contribution in [0, 0.1) is 17.8 Å². The lowest BCUT2D eigenvalue weighted by Crippen LogP contribution is -2.53. The van der Waals surface area contributed by atoms with Gasteiger partial charge in [0, 0.05) is 40.9 Å². The van der Waals surface area contributed by atoms with Crippen LogP contribution < -0.4 is 10.0 Å². The Hall–Kier alpha value is -0.180. The Morgan fingerprint density at radius 2 is 2.06 bits per heavy atom. The molecule has 1 saturated carbocycles. The van der Waals surface area contributed by atoms with Gasteiger partial charge in [0.25, 0.3) is 0 Å². The fourth-order valence-electron chi connectivity index (χ4n) is 6.03. The molecule has 2 heterocycles. The Bertz CT molecular complexity index is 950. The first-order valence-electron chi connectivity index (χ1n) is 11.0. The zero-order valence-electron chi connectivity index (χ0n) is 17.2. The molecule has 2 amide bonds. The Balaban J connectivity index is 1.27. The lowest BCUT2D eigenvalue weighted by Gasteiger charge is -2.36. The number of carbonyl (C=O) groups excluding carboxylic acids is 1. The van der Waals surface area contributed by atoms with Crippen LogP contribution in [0.3, 0.4) is 0 Å². The third-order valence-corrected chi connectivity index (χ3v) is 11.2. The molecule has 0 aromatic rings. The summed E-state index contributed by atoms with van der Waals surface area (Å²) >= 11 is 4.83. The third-order valence-electron chi connectivity index (χ3n) is 7.54. The molecule has 0 aromatic heterocycles. The van der Waals surface area contributed by atoms with E-state index in [1.807, 2.05) is 6.08 Å². The molecule has 3 aliphatic carbocycles. The fourth-order valence-corrected chi connectivity index (χ4v) is 9.04. The van der Waals surface area contributed by atoms with Crippen LogP contribution in [0.2, 0.25) is 0 Å². The van der Waals surface area contributed by atoms with Crippen molar-refractivity contribution in [3.63, 3.8) is 0 Å². The number of piperidine rings is 1. The van der Waals surface area contributed by atoms with Gasteiger partial charge in [0.05, 0.1) is 4.55 Å². The number of hydrogen-bond acceptors (Lipinski definition) is 4. The molecule has 0 aromatic carbocycles. The average molecular weight is 670 g/mol. The van der Waals surface area contributed by atoms with Crippen LogP contribution in [0.4, 0.5) is 4.79 Å². The molecule has 2 N–H and O–H groups in total. The lowest BCUT2D eigenvalue weighted by molar-refractivity contribution is 0.153. The van der Waals surface area contributed by atoms with E-state index in [0.717, 1.165) is 36.8 Å². The number of halogens is 2. The van der Waals surface area contributed by atoms with Gasteiger partial charge in [-0.1, -0.05) is 75.1 Å². The van der Waals surface area contributed by atoms with Crippen LogP contribution in [0.5, 0.6) is 0 Å². The van der Waals surface area contributed by atoms with Crippen LogP contribution in [-0.2, 0) is 10.2 Å². The normalized spacial score (nSPS) is 37.6. The molecule has 6 unspecified atom stereocenters. The highest BCUT2D eigenvalue weighted by molar-refractivity contribution is 14.1. The summed E-state index contributed by atoms with van der Waals surface area (Å²) in [6.07, 6.45) is 12.8. The number of likely N-dealkylation sites (tertiary alicyclic amines) is 1. The van der Waals surface area contributed by atoms with Crippen molar-refractivity contribution in [1.82, 2.24) is 19.2 Å². The van der Waals surface area contributed by atoms with Crippen molar-refractivity contribution >= 4 is 61.4 Å². The summed E-state index contributed by atoms with van der Waals surface area (Å²) in [5, 5.41) is 3.04. The second-order valence-corrected chi connectivity index (χ2v) is 13.1. The Labute approximate surface area is 211 Å². The van der Waals surface area contributed by atoms with Gasteiger partial charge < -0.3 is 5.32 Å². The largest absolute Gasteiger partial charge is 0.333 e. The van der Waals surface area contributed by atoms with Crippen molar-refractivity contribution in [3.05, 3.63) is 35.5 Å². The lowest BCUT2D eigenvalue weighted by atomic mass is 9.76. The Morgan fingerprint density at radius 3 is 2.87 bits per heavy atom. The molecule has 0 spiro atoms. The van der Waals surface area contributed by atoms with Crippen molar-refractivity contribution in [2.75, 3.05) is 24.2 Å². The summed E-state index contributed by atoms with van der Waals surface area (Å²) in [5.74, 6) is 0.743. The van der Waals surface area contributed by atoms with E-state index in [9.17, 15) is 13.2 Å². The first-order valence-corrected chi connectivity index (χ1v) is 15.2. The second-order valence-electron chi connectivity index (χ2n) is 9.20. The van der Waals surface area contributed by atoms with Crippen LogP contribution >= 0.6 is 45.2 Å². The monoisotopic (exact) mass is 670 g/mol. The number of rotatable bonds is 4. The zero-order chi connectivity index (χ0) is 21.8. The second kappa shape index (κ2) is 8.88. The van der Waals surface area contributed by atoms with Gasteiger partial charge in [0.2, 0.25) is 0 Å². The number of amides is 2. The van der Waals surface area contributed by atoms with Crippen molar-refractivity contribution in [2.24, 2.45) is 17.8 Å². The molecule has 6 atom stereocenters. The first-order chi connectivity index (χ1) is 14.9. The van der Waals surface area contributed by atoms with E-state index >= 15 is 0 Å². The maximum Gasteiger partial charge on any atom is 0.329 e. The van der Waals surface area contributed by atoms with Gasteiger partial charge in [0.15, 0.2) is 0 Å². The topological polar surface area (TPSA) is 81.8 Å². The van der Waals surface area contributed by atoms with E-state index in [1.54, 1.807) is 0 Å². The van der Waals surface area contributed by atoms with E-state index in [2.05, 4.69) is 78.3 Å². The molecule has 0 radical (unpaired) electrons. The maximum absolute atomic E-state index is 13.0. The molecule has 2 saturated heterocycles. The third kappa shape index (κ3) is 4.24. The number of nitrogens with zero attached hydrogens (tertiary/aromatic N) is 2. The minimum atomic E-state index is -3.86. The number of alkyl halides is 2. The fraction of sp³-hybridized carbons (Fsp3) is 0.667. The van der Waals surface area contributed by atoms with Gasteiger partial charge in [0.1, 0.15) is 0 Å². The predicted octanol–water partition coefficient (Wildman–Crippen LogP) is 2.95. The molecule has 170 valence electrons. The summed E-state index contributed by atoms with van der Waals surface area (Å²) in [7, 11) is -3.86. The maximum atomic E-state index is 13.0. The van der Waals surface area contributed by atoms with Crippen molar-refractivity contribution in [1.29, 1.82) is 0 Å². The zero-order valence-corrected chi connectivity index (χ0v) is 22.3. The van der Waals surface area contributed by atoms with Gasteiger partial charge in [-0.3, -0.25) is 4.90 Å². The molecule has 5 aliphatic rings.